The van der Waals surface area contributed by atoms with E-state index in [4.69, 9.17) is 22.7 Å². The molecule has 0 spiro atoms. The average molecular weight is 635 g/mol. The van der Waals surface area contributed by atoms with Crippen molar-refractivity contribution in [2.24, 2.45) is 10.8 Å². The van der Waals surface area contributed by atoms with E-state index in [9.17, 15) is 32.4 Å². The molecule has 43 heavy (non-hydrogen) atoms. The van der Waals surface area contributed by atoms with Crippen LogP contribution in [0.2, 0.25) is 0 Å². The predicted molar refractivity (Wildman–Crippen MR) is 147 cm³/mol. The molecule has 0 radical (unpaired) electrons. The third-order valence-corrected chi connectivity index (χ3v) is 8.02. The van der Waals surface area contributed by atoms with Crippen molar-refractivity contribution in [1.29, 1.82) is 0 Å². The normalized spacial score (nSPS) is 21.4. The van der Waals surface area contributed by atoms with E-state index in [-0.39, 0.29) is 31.5 Å². The van der Waals surface area contributed by atoms with E-state index < -0.39 is 70.8 Å². The number of likely N-dealkylation sites (tertiary alicyclic amines) is 1. The molecule has 0 saturated carbocycles. The van der Waals surface area contributed by atoms with Crippen LogP contribution in [0.25, 0.3) is 0 Å². The highest BCUT2D eigenvalue weighted by atomic mass is 32.3. The number of carbonyl (C=O) groups is 5. The molecule has 0 aliphatic carbocycles. The Labute approximate surface area is 251 Å². The molecule has 3 fully saturated rings. The lowest BCUT2D eigenvalue weighted by molar-refractivity contribution is -0.162. The zero-order valence-corrected chi connectivity index (χ0v) is 26.3. The molecule has 2 atom stereocenters. The van der Waals surface area contributed by atoms with Gasteiger partial charge in [-0.15, -0.1) is 4.28 Å². The minimum absolute atomic E-state index is 0.0881. The van der Waals surface area contributed by atoms with Gasteiger partial charge in [-0.05, 0) is 67.2 Å². The minimum atomic E-state index is -4.70. The lowest BCUT2D eigenvalue weighted by Gasteiger charge is -2.34. The van der Waals surface area contributed by atoms with Crippen LogP contribution in [0.15, 0.2) is 0 Å². The summed E-state index contributed by atoms with van der Waals surface area (Å²) in [5, 5.41) is 3.62. The largest absolute Gasteiger partial charge is 0.466 e. The van der Waals surface area contributed by atoms with Gasteiger partial charge in [-0.2, -0.15) is 13.5 Å². The van der Waals surface area contributed by atoms with Crippen molar-refractivity contribution in [2.45, 2.75) is 85.4 Å². The second-order valence-corrected chi connectivity index (χ2v) is 13.5. The smallest absolute Gasteiger partial charge is 0.421 e. The molecule has 1 N–H and O–H groups in total. The Morgan fingerprint density at radius 2 is 1.58 bits per heavy atom. The van der Waals surface area contributed by atoms with Crippen LogP contribution in [-0.2, 0) is 47.5 Å². The molecule has 3 rings (SSSR count). The van der Waals surface area contributed by atoms with Gasteiger partial charge in [-0.25, -0.2) is 13.8 Å². The number of fused-ring (bicyclic) bond motifs is 2. The Bertz CT molecular complexity index is 1180. The van der Waals surface area contributed by atoms with Crippen molar-refractivity contribution in [3.63, 3.8) is 0 Å². The summed E-state index contributed by atoms with van der Waals surface area (Å²) >= 11 is 0. The first kappa shape index (κ1) is 34.3. The maximum Gasteiger partial charge on any atom is 0.421 e. The van der Waals surface area contributed by atoms with Crippen LogP contribution in [-0.4, -0.2) is 111 Å². The van der Waals surface area contributed by atoms with Gasteiger partial charge in [-0.1, -0.05) is 0 Å². The fourth-order valence-corrected chi connectivity index (χ4v) is 5.54. The molecule has 2 bridgehead atoms. The van der Waals surface area contributed by atoms with Crippen LogP contribution in [0.4, 0.5) is 9.59 Å². The SMILES string of the molecule is CCOC(=O)C(C)(C)COS(=O)(=O)ON1C(=O)N2C[C@@H]1CC[C@H]2C(=O)NC1CCN(C(=O)OCOC(=O)C(C)(C)C)CC1. The third-order valence-electron chi connectivity index (χ3n) is 7.27. The van der Waals surface area contributed by atoms with Crippen molar-refractivity contribution in [2.75, 3.05) is 39.6 Å². The Morgan fingerprint density at radius 1 is 0.930 bits per heavy atom. The number of nitrogens with zero attached hydrogens (tertiary/aromatic N) is 3. The number of hydrogen-bond acceptors (Lipinski definition) is 12. The van der Waals surface area contributed by atoms with Crippen molar-refractivity contribution in [3.8, 4) is 0 Å². The predicted octanol–water partition coefficient (Wildman–Crippen LogP) is 1.30. The van der Waals surface area contributed by atoms with Gasteiger partial charge in [0, 0.05) is 25.7 Å². The Balaban J connectivity index is 1.46. The van der Waals surface area contributed by atoms with Gasteiger partial charge in [0.1, 0.15) is 6.04 Å². The molecular formula is C26H42N4O12S. The molecule has 3 aliphatic heterocycles. The van der Waals surface area contributed by atoms with E-state index in [1.165, 1.54) is 23.6 Å². The van der Waals surface area contributed by atoms with E-state index >= 15 is 0 Å². The number of rotatable bonds is 11. The van der Waals surface area contributed by atoms with Crippen LogP contribution < -0.4 is 5.32 Å². The molecule has 0 aromatic carbocycles. The number of hydrogen-bond donors (Lipinski definition) is 1. The van der Waals surface area contributed by atoms with Gasteiger partial charge in [0.15, 0.2) is 0 Å². The van der Waals surface area contributed by atoms with Crippen LogP contribution in [0.5, 0.6) is 0 Å². The monoisotopic (exact) mass is 634 g/mol. The zero-order chi connectivity index (χ0) is 32.2. The van der Waals surface area contributed by atoms with Crippen LogP contribution in [0, 0.1) is 10.8 Å². The van der Waals surface area contributed by atoms with E-state index in [0.29, 0.717) is 37.4 Å². The Morgan fingerprint density at radius 3 is 2.19 bits per heavy atom. The summed E-state index contributed by atoms with van der Waals surface area (Å²) in [6.45, 7) is 9.34. The summed E-state index contributed by atoms with van der Waals surface area (Å²) in [6.07, 6.45) is 0.861. The Hall–Kier alpha value is -3.18. The first-order valence-corrected chi connectivity index (χ1v) is 15.5. The second-order valence-electron chi connectivity index (χ2n) is 12.3. The van der Waals surface area contributed by atoms with E-state index in [2.05, 4.69) is 5.32 Å². The molecule has 0 unspecified atom stereocenters. The maximum absolute atomic E-state index is 13.1. The lowest BCUT2D eigenvalue weighted by Crippen LogP contribution is -2.54. The molecule has 3 aliphatic rings. The highest BCUT2D eigenvalue weighted by molar-refractivity contribution is 7.81. The van der Waals surface area contributed by atoms with Crippen LogP contribution in [0.3, 0.4) is 0 Å². The second kappa shape index (κ2) is 13.6. The summed E-state index contributed by atoms with van der Waals surface area (Å²) in [5.74, 6) is -1.53. The topological polar surface area (TPSA) is 187 Å². The minimum Gasteiger partial charge on any atom is -0.466 e. The zero-order valence-electron chi connectivity index (χ0n) is 25.5. The number of hydroxylamine groups is 2. The number of urea groups is 1. The summed E-state index contributed by atoms with van der Waals surface area (Å²) in [6, 6.07) is -2.48. The number of ether oxygens (including phenoxy) is 3. The van der Waals surface area contributed by atoms with Gasteiger partial charge in [0.25, 0.3) is 0 Å². The molecule has 0 aromatic rings. The van der Waals surface area contributed by atoms with Gasteiger partial charge in [-0.3, -0.25) is 14.4 Å². The van der Waals surface area contributed by atoms with Gasteiger partial charge in [0.05, 0.1) is 30.1 Å². The molecule has 244 valence electrons. The van der Waals surface area contributed by atoms with E-state index in [1.807, 2.05) is 0 Å². The summed E-state index contributed by atoms with van der Waals surface area (Å²) in [5.41, 5.74) is -2.00. The Kier molecular flexibility index (Phi) is 10.9. The van der Waals surface area contributed by atoms with E-state index in [1.54, 1.807) is 27.7 Å². The first-order chi connectivity index (χ1) is 19.9. The van der Waals surface area contributed by atoms with Crippen molar-refractivity contribution in [1.82, 2.24) is 20.2 Å². The fourth-order valence-electron chi connectivity index (χ4n) is 4.67. The summed E-state index contributed by atoms with van der Waals surface area (Å²) in [4.78, 5) is 65.0. The van der Waals surface area contributed by atoms with E-state index in [0.717, 1.165) is 0 Å². The number of piperidine rings is 2. The molecular weight excluding hydrogens is 592 g/mol. The fraction of sp³-hybridized carbons (Fsp3) is 0.808. The van der Waals surface area contributed by atoms with Gasteiger partial charge >= 0.3 is 34.5 Å². The molecule has 16 nitrogen and oxygen atoms in total. The van der Waals surface area contributed by atoms with Crippen LogP contribution in [0.1, 0.15) is 67.2 Å². The van der Waals surface area contributed by atoms with Crippen molar-refractivity contribution >= 4 is 40.4 Å². The van der Waals surface area contributed by atoms with Crippen LogP contribution >= 0.6 is 0 Å². The number of carbonyl (C=O) groups excluding carboxylic acids is 5. The highest BCUT2D eigenvalue weighted by Crippen LogP contribution is 2.32. The number of nitrogens with one attached hydrogen (secondary N) is 1. The standard InChI is InChI=1S/C26H42N4O12S/c1-7-38-22(33)26(5,6)15-41-43(36,37)42-30-18-8-9-19(29(14-18)23(30)34)20(31)27-17-10-12-28(13-11-17)24(35)40-16-39-21(32)25(2,3)4/h17-19H,7-16H2,1-6H3,(H,27,31)/t18-,19-/m0/s1. The molecule has 0 aromatic heterocycles. The quantitative estimate of drug-likeness (QED) is 0.254. The molecule has 17 heteroatoms. The van der Waals surface area contributed by atoms with Crippen molar-refractivity contribution in [3.05, 3.63) is 0 Å². The summed E-state index contributed by atoms with van der Waals surface area (Å²) < 4.78 is 49.7. The highest BCUT2D eigenvalue weighted by Gasteiger charge is 2.50. The maximum atomic E-state index is 13.1. The number of esters is 2. The molecule has 4 amide bonds. The average Bonchev–Trinajstić information content (AvgIpc) is 3.15. The first-order valence-electron chi connectivity index (χ1n) is 14.2. The van der Waals surface area contributed by atoms with Crippen molar-refractivity contribution < 1.29 is 55.1 Å². The molecule has 3 saturated heterocycles. The third kappa shape index (κ3) is 8.92. The van der Waals surface area contributed by atoms with Gasteiger partial charge in [0.2, 0.25) is 12.7 Å². The lowest BCUT2D eigenvalue weighted by atomic mass is 9.95. The van der Waals surface area contributed by atoms with Gasteiger partial charge < -0.3 is 29.3 Å². The number of amides is 4. The summed E-state index contributed by atoms with van der Waals surface area (Å²) in [7, 11) is -4.70. The molecule has 3 heterocycles.